The second-order valence-corrected chi connectivity index (χ2v) is 5.31. The Labute approximate surface area is 109 Å². The Balaban J connectivity index is 3.33. The third-order valence-electron chi connectivity index (χ3n) is 3.04. The highest BCUT2D eigenvalue weighted by atomic mass is 19.1. The van der Waals surface area contributed by atoms with Gasteiger partial charge in [-0.2, -0.15) is 0 Å². The van der Waals surface area contributed by atoms with Crippen LogP contribution in [0, 0.1) is 0 Å². The molecule has 0 unspecified atom stereocenters. The van der Waals surface area contributed by atoms with Crippen LogP contribution in [0.25, 0.3) is 0 Å². The average molecular weight is 251 g/mol. The van der Waals surface area contributed by atoms with Gasteiger partial charge in [-0.15, -0.1) is 0 Å². The molecule has 0 heterocycles. The molecule has 0 aliphatic rings. The van der Waals surface area contributed by atoms with Crippen LogP contribution in [0.15, 0.2) is 23.2 Å². The number of aliphatic hydroxyl groups is 1. The molecule has 0 amide bonds. The van der Waals surface area contributed by atoms with E-state index in [0.29, 0.717) is 0 Å². The summed E-state index contributed by atoms with van der Waals surface area (Å²) in [5, 5.41) is 8.81. The molecule has 100 valence electrons. The Morgan fingerprint density at radius 3 is 2.44 bits per heavy atom. The first-order valence-corrected chi connectivity index (χ1v) is 6.23. The van der Waals surface area contributed by atoms with Gasteiger partial charge in [0, 0.05) is 5.71 Å². The van der Waals surface area contributed by atoms with Crippen LogP contribution < -0.4 is 0 Å². The molecule has 0 spiro atoms. The van der Waals surface area contributed by atoms with Crippen molar-refractivity contribution in [3.8, 4) is 0 Å². The summed E-state index contributed by atoms with van der Waals surface area (Å²) >= 11 is 0. The van der Waals surface area contributed by atoms with Crippen LogP contribution in [-0.2, 0) is 5.67 Å². The summed E-state index contributed by atoms with van der Waals surface area (Å²) < 4.78 is 14.2. The predicted octanol–water partition coefficient (Wildman–Crippen LogP) is 3.77. The van der Waals surface area contributed by atoms with Crippen LogP contribution in [0.2, 0.25) is 0 Å². The van der Waals surface area contributed by atoms with Gasteiger partial charge in [-0.25, -0.2) is 4.39 Å². The Bertz CT molecular complexity index is 444. The first-order chi connectivity index (χ1) is 8.27. The zero-order valence-electron chi connectivity index (χ0n) is 11.8. The molecular weight excluding hydrogens is 229 g/mol. The monoisotopic (exact) mass is 251 g/mol. The third kappa shape index (κ3) is 3.39. The Morgan fingerprint density at radius 2 is 2.00 bits per heavy atom. The molecule has 0 radical (unpaired) electrons. The normalized spacial score (nSPS) is 13.2. The lowest BCUT2D eigenvalue weighted by Crippen LogP contribution is -2.14. The zero-order chi connectivity index (χ0) is 13.9. The Morgan fingerprint density at radius 1 is 1.39 bits per heavy atom. The highest BCUT2D eigenvalue weighted by molar-refractivity contribution is 5.98. The summed E-state index contributed by atoms with van der Waals surface area (Å²) in [7, 11) is 0. The number of halogens is 1. The van der Waals surface area contributed by atoms with E-state index in [0.717, 1.165) is 22.4 Å². The van der Waals surface area contributed by atoms with Crippen molar-refractivity contribution in [1.29, 1.82) is 0 Å². The van der Waals surface area contributed by atoms with Gasteiger partial charge in [-0.05, 0) is 49.4 Å². The lowest BCUT2D eigenvalue weighted by molar-refractivity contribution is 0.219. The fourth-order valence-electron chi connectivity index (χ4n) is 2.00. The first kappa shape index (κ1) is 14.8. The molecule has 0 fully saturated rings. The van der Waals surface area contributed by atoms with E-state index in [1.54, 1.807) is 13.8 Å². The molecule has 0 bridgehead atoms. The first-order valence-electron chi connectivity index (χ1n) is 6.23. The van der Waals surface area contributed by atoms with Crippen molar-refractivity contribution in [3.05, 3.63) is 34.9 Å². The molecule has 0 saturated carbocycles. The molecule has 1 aromatic carbocycles. The molecule has 1 N–H and O–H groups in total. The van der Waals surface area contributed by atoms with E-state index in [-0.39, 0.29) is 12.6 Å². The molecule has 0 aromatic heterocycles. The summed E-state index contributed by atoms with van der Waals surface area (Å²) in [6.07, 6.45) is 0. The second-order valence-electron chi connectivity index (χ2n) is 5.31. The molecule has 2 nitrogen and oxygen atoms in total. The molecule has 18 heavy (non-hydrogen) atoms. The summed E-state index contributed by atoms with van der Waals surface area (Å²) in [6.45, 7) is 8.86. The van der Waals surface area contributed by atoms with Crippen LogP contribution in [0.4, 0.5) is 4.39 Å². The summed E-state index contributed by atoms with van der Waals surface area (Å²) in [6, 6.07) is 5.65. The van der Waals surface area contributed by atoms with Crippen molar-refractivity contribution >= 4 is 5.71 Å². The smallest absolute Gasteiger partial charge is 0.134 e. The number of nitrogens with zero attached hydrogens (tertiary/aromatic N) is 1. The Kier molecular flexibility index (Phi) is 4.63. The topological polar surface area (TPSA) is 32.6 Å². The molecule has 0 aliphatic carbocycles. The maximum absolute atomic E-state index is 14.2. The number of benzene rings is 1. The number of aliphatic hydroxyl groups excluding tert-OH is 1. The molecule has 0 saturated heterocycles. The van der Waals surface area contributed by atoms with Gasteiger partial charge in [0.25, 0.3) is 0 Å². The number of rotatable bonds is 4. The van der Waals surface area contributed by atoms with Crippen LogP contribution >= 0.6 is 0 Å². The van der Waals surface area contributed by atoms with Crippen LogP contribution in [-0.4, -0.2) is 17.5 Å². The molecular formula is C15H22FNO. The van der Waals surface area contributed by atoms with E-state index >= 15 is 0 Å². The minimum absolute atomic E-state index is 0.223. The summed E-state index contributed by atoms with van der Waals surface area (Å²) in [4.78, 5) is 3.97. The van der Waals surface area contributed by atoms with E-state index in [9.17, 15) is 4.39 Å². The van der Waals surface area contributed by atoms with E-state index in [4.69, 9.17) is 5.11 Å². The van der Waals surface area contributed by atoms with Crippen molar-refractivity contribution in [1.82, 2.24) is 0 Å². The molecule has 1 rings (SSSR count). The van der Waals surface area contributed by atoms with Gasteiger partial charge in [-0.3, -0.25) is 4.99 Å². The van der Waals surface area contributed by atoms with Crippen molar-refractivity contribution in [2.75, 3.05) is 6.73 Å². The lowest BCUT2D eigenvalue weighted by Gasteiger charge is -2.22. The average Bonchev–Trinajstić information content (AvgIpc) is 2.27. The van der Waals surface area contributed by atoms with Gasteiger partial charge < -0.3 is 5.11 Å². The van der Waals surface area contributed by atoms with Crippen molar-refractivity contribution in [2.24, 2.45) is 4.99 Å². The SMILES string of the molecule is C/C(=N\CO)c1ccc(C(C)(C)F)c(C(C)C)c1. The zero-order valence-corrected chi connectivity index (χ0v) is 11.8. The van der Waals surface area contributed by atoms with Crippen molar-refractivity contribution < 1.29 is 9.50 Å². The van der Waals surface area contributed by atoms with Gasteiger partial charge in [0.2, 0.25) is 0 Å². The van der Waals surface area contributed by atoms with Gasteiger partial charge in [0.15, 0.2) is 0 Å². The fraction of sp³-hybridized carbons (Fsp3) is 0.533. The quantitative estimate of drug-likeness (QED) is 0.812. The Hall–Kier alpha value is -1.22. The molecule has 1 aromatic rings. The van der Waals surface area contributed by atoms with Gasteiger partial charge in [-0.1, -0.05) is 26.0 Å². The van der Waals surface area contributed by atoms with Crippen molar-refractivity contribution in [3.63, 3.8) is 0 Å². The number of alkyl halides is 1. The van der Waals surface area contributed by atoms with Gasteiger partial charge in [0.1, 0.15) is 12.4 Å². The second kappa shape index (κ2) is 5.61. The highest BCUT2D eigenvalue weighted by Crippen LogP contribution is 2.32. The minimum atomic E-state index is -1.35. The fourth-order valence-corrected chi connectivity index (χ4v) is 2.00. The van der Waals surface area contributed by atoms with E-state index in [2.05, 4.69) is 4.99 Å². The van der Waals surface area contributed by atoms with E-state index < -0.39 is 5.67 Å². The summed E-state index contributed by atoms with van der Waals surface area (Å²) in [5.74, 6) is 0.247. The molecule has 3 heteroatoms. The van der Waals surface area contributed by atoms with Gasteiger partial charge in [0.05, 0.1) is 0 Å². The van der Waals surface area contributed by atoms with E-state index in [1.807, 2.05) is 39.0 Å². The predicted molar refractivity (Wildman–Crippen MR) is 74.0 cm³/mol. The largest absolute Gasteiger partial charge is 0.375 e. The van der Waals surface area contributed by atoms with Gasteiger partial charge >= 0.3 is 0 Å². The minimum Gasteiger partial charge on any atom is -0.375 e. The van der Waals surface area contributed by atoms with Crippen molar-refractivity contribution in [2.45, 2.75) is 46.2 Å². The standard InChI is InChI=1S/C15H22FNO/c1-10(2)13-8-12(11(3)17-9-18)6-7-14(13)15(4,5)16/h6-8,10,18H,9H2,1-5H3/b17-11+. The number of hydrogen-bond donors (Lipinski definition) is 1. The maximum atomic E-state index is 14.2. The number of hydrogen-bond acceptors (Lipinski definition) is 2. The van der Waals surface area contributed by atoms with Crippen LogP contribution in [0.5, 0.6) is 0 Å². The van der Waals surface area contributed by atoms with Crippen LogP contribution in [0.1, 0.15) is 57.2 Å². The number of aliphatic imine (C=N–C) groups is 1. The van der Waals surface area contributed by atoms with Crippen LogP contribution in [0.3, 0.4) is 0 Å². The van der Waals surface area contributed by atoms with E-state index in [1.165, 1.54) is 0 Å². The lowest BCUT2D eigenvalue weighted by atomic mass is 9.87. The molecule has 0 atom stereocenters. The highest BCUT2D eigenvalue weighted by Gasteiger charge is 2.23. The molecule has 0 aliphatic heterocycles. The maximum Gasteiger partial charge on any atom is 0.134 e. The summed E-state index contributed by atoms with van der Waals surface area (Å²) in [5.41, 5.74) is 2.06. The third-order valence-corrected chi connectivity index (χ3v) is 3.04.